The Morgan fingerprint density at radius 1 is 0.591 bits per heavy atom. The number of halogens is 2. The molecule has 0 radical (unpaired) electrons. The molecule has 10 heteroatoms. The van der Waals surface area contributed by atoms with Crippen LogP contribution >= 0.6 is 64.0 Å². The second-order valence-electron chi connectivity index (χ2n) is 3.99. The number of rotatable bonds is 5. The maximum Gasteiger partial charge on any atom is 0.231 e. The van der Waals surface area contributed by atoms with E-state index < -0.39 is 14.0 Å². The highest BCUT2D eigenvalue weighted by atomic mass is 127. The average molecular weight is 598 g/mol. The summed E-state index contributed by atoms with van der Waals surface area (Å²) in [5.74, 6) is 0. The lowest BCUT2D eigenvalue weighted by molar-refractivity contribution is 0.611. The van der Waals surface area contributed by atoms with Crippen LogP contribution in [0.15, 0.2) is 68.1 Å². The summed E-state index contributed by atoms with van der Waals surface area (Å²) in [6.07, 6.45) is 0. The summed E-state index contributed by atoms with van der Waals surface area (Å²) < 4.78 is 45.4. The van der Waals surface area contributed by atoms with Crippen molar-refractivity contribution in [3.63, 3.8) is 0 Å². The molecule has 0 aliphatic carbocycles. The molecule has 2 aromatic rings. The number of hydrogen-bond acceptors (Lipinski definition) is 6. The minimum Gasteiger partial charge on any atom is -0.213 e. The molecule has 0 heterocycles. The van der Waals surface area contributed by atoms with Crippen LogP contribution in [0.1, 0.15) is 0 Å². The van der Waals surface area contributed by atoms with Gasteiger partial charge in [0.15, 0.2) is 0 Å². The second-order valence-corrected chi connectivity index (χ2v) is 15.9. The van der Waals surface area contributed by atoms with E-state index in [1.165, 1.54) is 64.0 Å². The highest BCUT2D eigenvalue weighted by Crippen LogP contribution is 2.38. The molecule has 0 aliphatic rings. The first-order chi connectivity index (χ1) is 10.2. The third-order valence-corrected chi connectivity index (χ3v) is 9.58. The molecule has 0 unspecified atom stereocenters. The highest BCUT2D eigenvalue weighted by molar-refractivity contribution is 14.2. The zero-order valence-electron chi connectivity index (χ0n) is 10.6. The first-order valence-electron chi connectivity index (χ1n) is 5.60. The van der Waals surface area contributed by atoms with Crippen LogP contribution < -0.4 is 0 Å². The summed E-state index contributed by atoms with van der Waals surface area (Å²) >= 11 is 2.81. The monoisotopic (exact) mass is 598 g/mol. The maximum absolute atomic E-state index is 11.4. The molecule has 118 valence electrons. The first-order valence-corrected chi connectivity index (χ1v) is 15.8. The van der Waals surface area contributed by atoms with Crippen molar-refractivity contribution in [1.29, 1.82) is 0 Å². The van der Waals surface area contributed by atoms with E-state index in [-0.39, 0.29) is 9.79 Å². The third kappa shape index (κ3) is 5.54. The van der Waals surface area contributed by atoms with E-state index in [0.717, 1.165) is 9.79 Å². The largest absolute Gasteiger partial charge is 0.231 e. The van der Waals surface area contributed by atoms with Crippen LogP contribution in [0.2, 0.25) is 0 Å². The molecule has 0 saturated heterocycles. The van der Waals surface area contributed by atoms with Crippen LogP contribution in [0.4, 0.5) is 0 Å². The van der Waals surface area contributed by atoms with Crippen molar-refractivity contribution in [3.8, 4) is 0 Å². The van der Waals surface area contributed by atoms with Crippen molar-refractivity contribution in [2.75, 3.05) is 0 Å². The van der Waals surface area contributed by atoms with Crippen LogP contribution in [0.3, 0.4) is 0 Å². The number of benzene rings is 2. The van der Waals surface area contributed by atoms with Gasteiger partial charge in [0.2, 0.25) is 14.0 Å². The van der Waals surface area contributed by atoms with Gasteiger partial charge in [-0.1, -0.05) is 21.6 Å². The van der Waals surface area contributed by atoms with Gasteiger partial charge in [-0.05, 0) is 48.5 Å². The number of hydrogen-bond donors (Lipinski definition) is 0. The Kier molecular flexibility index (Phi) is 6.50. The van der Waals surface area contributed by atoms with Gasteiger partial charge in [-0.3, -0.25) is 0 Å². The van der Waals surface area contributed by atoms with E-state index in [1.54, 1.807) is 48.5 Å². The van der Waals surface area contributed by atoms with Gasteiger partial charge in [0.1, 0.15) is 0 Å². The van der Waals surface area contributed by atoms with Crippen molar-refractivity contribution in [2.45, 2.75) is 19.6 Å². The zero-order chi connectivity index (χ0) is 16.4. The van der Waals surface area contributed by atoms with E-state index >= 15 is 0 Å². The van der Waals surface area contributed by atoms with Crippen LogP contribution in [0.25, 0.3) is 0 Å². The summed E-state index contributed by atoms with van der Waals surface area (Å²) in [4.78, 5) is 2.39. The lowest BCUT2D eigenvalue weighted by atomic mass is 10.4. The Bertz CT molecular complexity index is 785. The summed E-state index contributed by atoms with van der Waals surface area (Å²) in [5, 5.41) is 0. The predicted molar refractivity (Wildman–Crippen MR) is 107 cm³/mol. The molecule has 2 aromatic carbocycles. The van der Waals surface area contributed by atoms with E-state index in [2.05, 4.69) is 0 Å². The molecule has 0 saturated carbocycles. The normalized spacial score (nSPS) is 12.3. The fourth-order valence-corrected chi connectivity index (χ4v) is 6.03. The van der Waals surface area contributed by atoms with Crippen molar-refractivity contribution in [3.05, 3.63) is 48.5 Å². The minimum absolute atomic E-state index is 0.277. The smallest absolute Gasteiger partial charge is 0.213 e. The Balaban J connectivity index is 2.04. The van der Waals surface area contributed by atoms with Gasteiger partial charge in [-0.2, -0.15) is 0 Å². The molecule has 0 atom stereocenters. The van der Waals surface area contributed by atoms with E-state index in [0.29, 0.717) is 0 Å². The van der Waals surface area contributed by atoms with Crippen LogP contribution in [-0.2, 0) is 14.0 Å². The molecule has 0 aromatic heterocycles. The Labute approximate surface area is 161 Å². The predicted octanol–water partition coefficient (Wildman–Crippen LogP) is 4.73. The van der Waals surface area contributed by atoms with Gasteiger partial charge in [-0.25, -0.2) is 16.8 Å². The molecular formula is C12H8I2O4S4. The quantitative estimate of drug-likeness (QED) is 0.282. The molecule has 4 nitrogen and oxygen atoms in total. The Hall–Kier alpha value is 0.500. The molecule has 0 N–H and O–H groups in total. The highest BCUT2D eigenvalue weighted by Gasteiger charge is 2.10. The Morgan fingerprint density at radius 2 is 0.864 bits per heavy atom. The van der Waals surface area contributed by atoms with E-state index in [4.69, 9.17) is 0 Å². The van der Waals surface area contributed by atoms with Crippen LogP contribution in [0, 0.1) is 0 Å². The standard InChI is InChI=1S/C12H8I2O4S4/c13-21(15,16)11-5-1-9(2-6-11)19-20-10-3-7-12(8-4-10)22(14,17)18/h1-8H. The van der Waals surface area contributed by atoms with Crippen molar-refractivity contribution < 1.29 is 16.8 Å². The summed E-state index contributed by atoms with van der Waals surface area (Å²) in [5.41, 5.74) is 0. The van der Waals surface area contributed by atoms with Gasteiger partial charge in [0, 0.05) is 9.79 Å². The van der Waals surface area contributed by atoms with Crippen molar-refractivity contribution in [1.82, 2.24) is 0 Å². The molecule has 0 fully saturated rings. The summed E-state index contributed by atoms with van der Waals surface area (Å²) in [6.45, 7) is 0. The molecule has 0 aliphatic heterocycles. The minimum atomic E-state index is -3.21. The summed E-state index contributed by atoms with van der Waals surface area (Å²) in [6, 6.07) is 13.2. The molecular weight excluding hydrogens is 590 g/mol. The molecule has 2 rings (SSSR count). The van der Waals surface area contributed by atoms with Crippen molar-refractivity contribution >= 4 is 78.0 Å². The van der Waals surface area contributed by atoms with Gasteiger partial charge in [0.25, 0.3) is 0 Å². The fourth-order valence-electron chi connectivity index (χ4n) is 1.41. The maximum atomic E-state index is 11.4. The Morgan fingerprint density at radius 3 is 1.09 bits per heavy atom. The van der Waals surface area contributed by atoms with E-state index in [1.807, 2.05) is 0 Å². The molecule has 0 amide bonds. The van der Waals surface area contributed by atoms with Gasteiger partial charge < -0.3 is 0 Å². The topological polar surface area (TPSA) is 68.3 Å². The molecule has 22 heavy (non-hydrogen) atoms. The fraction of sp³-hybridized carbons (Fsp3) is 0. The lowest BCUT2D eigenvalue weighted by Gasteiger charge is -2.03. The van der Waals surface area contributed by atoms with Gasteiger partial charge in [-0.15, -0.1) is 0 Å². The van der Waals surface area contributed by atoms with E-state index in [9.17, 15) is 16.8 Å². The lowest BCUT2D eigenvalue weighted by Crippen LogP contribution is -1.88. The molecule has 0 bridgehead atoms. The van der Waals surface area contributed by atoms with Crippen molar-refractivity contribution in [2.24, 2.45) is 0 Å². The van der Waals surface area contributed by atoms with Gasteiger partial charge >= 0.3 is 0 Å². The van der Waals surface area contributed by atoms with Gasteiger partial charge in [0.05, 0.1) is 52.2 Å². The third-order valence-electron chi connectivity index (χ3n) is 2.44. The molecule has 0 spiro atoms. The van der Waals surface area contributed by atoms with Crippen LogP contribution in [-0.4, -0.2) is 16.8 Å². The SMILES string of the molecule is O=S(=O)(I)c1ccc(SSc2ccc(S(=O)(=O)I)cc2)cc1. The first kappa shape index (κ1) is 18.8. The average Bonchev–Trinajstić information content (AvgIpc) is 2.44. The summed E-state index contributed by atoms with van der Waals surface area (Å²) in [7, 11) is -3.47. The zero-order valence-corrected chi connectivity index (χ0v) is 18.2. The second kappa shape index (κ2) is 7.59. The van der Waals surface area contributed by atoms with Crippen LogP contribution in [0.5, 0.6) is 0 Å².